The predicted octanol–water partition coefficient (Wildman–Crippen LogP) is 1.73. The highest BCUT2D eigenvalue weighted by Crippen LogP contribution is 2.22. The number of nitrogens with zero attached hydrogens (tertiary/aromatic N) is 2. The fraction of sp³-hybridized carbons (Fsp3) is 0.933. The Kier molecular flexibility index (Phi) is 7.39. The molecule has 0 saturated carbocycles. The monoisotopic (exact) mass is 270 g/mol. The average Bonchev–Trinajstić information content (AvgIpc) is 2.39. The Morgan fingerprint density at radius 2 is 1.95 bits per heavy atom. The maximum Gasteiger partial charge on any atom is 0.222 e. The van der Waals surface area contributed by atoms with Crippen LogP contribution < -0.4 is 0 Å². The van der Waals surface area contributed by atoms with Crippen molar-refractivity contribution in [1.82, 2.24) is 9.80 Å². The predicted molar refractivity (Wildman–Crippen MR) is 78.0 cm³/mol. The number of rotatable bonds is 7. The van der Waals surface area contributed by atoms with E-state index in [1.165, 1.54) is 0 Å². The molecule has 4 heteroatoms. The molecule has 0 aromatic rings. The third-order valence-electron chi connectivity index (χ3n) is 4.06. The van der Waals surface area contributed by atoms with Crippen molar-refractivity contribution in [2.45, 2.75) is 52.5 Å². The summed E-state index contributed by atoms with van der Waals surface area (Å²) in [5.74, 6) is 0.749. The van der Waals surface area contributed by atoms with Gasteiger partial charge < -0.3 is 14.9 Å². The average molecular weight is 270 g/mol. The first kappa shape index (κ1) is 16.4. The van der Waals surface area contributed by atoms with E-state index in [4.69, 9.17) is 5.11 Å². The maximum absolute atomic E-state index is 12.2. The van der Waals surface area contributed by atoms with Crippen molar-refractivity contribution in [2.75, 3.05) is 32.8 Å². The van der Waals surface area contributed by atoms with Gasteiger partial charge in [-0.2, -0.15) is 0 Å². The van der Waals surface area contributed by atoms with Crippen LogP contribution in [0, 0.1) is 5.92 Å². The molecule has 1 aliphatic heterocycles. The van der Waals surface area contributed by atoms with Gasteiger partial charge in [0.1, 0.15) is 0 Å². The number of amides is 1. The van der Waals surface area contributed by atoms with Crippen LogP contribution in [0.15, 0.2) is 0 Å². The molecule has 1 amide bonds. The van der Waals surface area contributed by atoms with Crippen molar-refractivity contribution in [3.63, 3.8) is 0 Å². The molecule has 0 unspecified atom stereocenters. The summed E-state index contributed by atoms with van der Waals surface area (Å²) < 4.78 is 0. The Hall–Kier alpha value is -0.610. The van der Waals surface area contributed by atoms with Gasteiger partial charge in [-0.15, -0.1) is 0 Å². The second-order valence-corrected chi connectivity index (χ2v) is 5.88. The summed E-state index contributed by atoms with van der Waals surface area (Å²) in [6.45, 7) is 10.1. The number of piperidine rings is 1. The first-order valence-electron chi connectivity index (χ1n) is 7.71. The quantitative estimate of drug-likeness (QED) is 0.766. The molecule has 4 nitrogen and oxygen atoms in total. The van der Waals surface area contributed by atoms with E-state index < -0.39 is 0 Å². The number of hydrogen-bond acceptors (Lipinski definition) is 3. The van der Waals surface area contributed by atoms with Gasteiger partial charge in [-0.1, -0.05) is 6.92 Å². The van der Waals surface area contributed by atoms with E-state index in [9.17, 15) is 4.79 Å². The first-order chi connectivity index (χ1) is 9.08. The second-order valence-electron chi connectivity index (χ2n) is 5.88. The number of aliphatic hydroxyl groups excluding tert-OH is 1. The smallest absolute Gasteiger partial charge is 0.222 e. The fourth-order valence-electron chi connectivity index (χ4n) is 2.80. The van der Waals surface area contributed by atoms with Gasteiger partial charge in [0, 0.05) is 25.6 Å². The summed E-state index contributed by atoms with van der Waals surface area (Å²) in [7, 11) is 0. The van der Waals surface area contributed by atoms with E-state index in [1.54, 1.807) is 0 Å². The molecular weight excluding hydrogens is 240 g/mol. The third kappa shape index (κ3) is 5.49. The maximum atomic E-state index is 12.2. The number of aliphatic hydroxyl groups is 1. The third-order valence-corrected chi connectivity index (χ3v) is 4.06. The van der Waals surface area contributed by atoms with Gasteiger partial charge in [-0.25, -0.2) is 0 Å². The zero-order valence-corrected chi connectivity index (χ0v) is 12.8. The summed E-state index contributed by atoms with van der Waals surface area (Å²) in [6.07, 6.45) is 3.87. The molecule has 1 aliphatic rings. The number of likely N-dealkylation sites (tertiary alicyclic amines) is 1. The van der Waals surface area contributed by atoms with E-state index in [1.807, 2.05) is 4.90 Å². The van der Waals surface area contributed by atoms with Crippen molar-refractivity contribution in [3.8, 4) is 0 Å². The van der Waals surface area contributed by atoms with Crippen LogP contribution in [0.3, 0.4) is 0 Å². The van der Waals surface area contributed by atoms with Gasteiger partial charge in [-0.3, -0.25) is 4.79 Å². The second kappa shape index (κ2) is 8.54. The lowest BCUT2D eigenvalue weighted by molar-refractivity contribution is -0.133. The van der Waals surface area contributed by atoms with Gasteiger partial charge in [0.05, 0.1) is 6.61 Å². The lowest BCUT2D eigenvalue weighted by Crippen LogP contribution is -2.41. The number of carbonyl (C=O) groups is 1. The van der Waals surface area contributed by atoms with Crippen LogP contribution in [0.5, 0.6) is 0 Å². The van der Waals surface area contributed by atoms with Gasteiger partial charge >= 0.3 is 0 Å². The molecule has 1 saturated heterocycles. The molecule has 0 aromatic carbocycles. The Balaban J connectivity index is 2.36. The molecule has 1 fully saturated rings. The van der Waals surface area contributed by atoms with Gasteiger partial charge in [-0.05, 0) is 52.1 Å². The molecule has 0 aliphatic carbocycles. The Bertz CT molecular complexity index is 255. The van der Waals surface area contributed by atoms with Crippen molar-refractivity contribution in [2.24, 2.45) is 5.92 Å². The van der Waals surface area contributed by atoms with Crippen LogP contribution >= 0.6 is 0 Å². The normalized spacial score (nSPS) is 17.9. The van der Waals surface area contributed by atoms with Crippen LogP contribution in [0.2, 0.25) is 0 Å². The molecule has 1 N–H and O–H groups in total. The number of hydrogen-bond donors (Lipinski definition) is 1. The SMILES string of the molecule is CCCN(CCO)C(=O)CC1CCN(C(C)C)CC1. The molecule has 0 spiro atoms. The van der Waals surface area contributed by atoms with Gasteiger partial charge in [0.15, 0.2) is 0 Å². The van der Waals surface area contributed by atoms with E-state index in [0.29, 0.717) is 24.9 Å². The molecule has 19 heavy (non-hydrogen) atoms. The first-order valence-corrected chi connectivity index (χ1v) is 7.71. The van der Waals surface area contributed by atoms with Gasteiger partial charge in [0.2, 0.25) is 5.91 Å². The van der Waals surface area contributed by atoms with Crippen LogP contribution in [-0.2, 0) is 4.79 Å². The lowest BCUT2D eigenvalue weighted by atomic mass is 9.92. The molecule has 0 bridgehead atoms. The minimum absolute atomic E-state index is 0.0670. The van der Waals surface area contributed by atoms with Crippen LogP contribution in [0.4, 0.5) is 0 Å². The highest BCUT2D eigenvalue weighted by Gasteiger charge is 2.24. The molecule has 112 valence electrons. The number of carbonyl (C=O) groups excluding carboxylic acids is 1. The summed E-state index contributed by atoms with van der Waals surface area (Å²) >= 11 is 0. The minimum Gasteiger partial charge on any atom is -0.395 e. The fourth-order valence-corrected chi connectivity index (χ4v) is 2.80. The van der Waals surface area contributed by atoms with Crippen LogP contribution in [-0.4, -0.2) is 59.6 Å². The largest absolute Gasteiger partial charge is 0.395 e. The van der Waals surface area contributed by atoms with E-state index >= 15 is 0 Å². The molecule has 0 atom stereocenters. The lowest BCUT2D eigenvalue weighted by Gasteiger charge is -2.35. The van der Waals surface area contributed by atoms with E-state index in [2.05, 4.69) is 25.7 Å². The summed E-state index contributed by atoms with van der Waals surface area (Å²) in [4.78, 5) is 16.5. The molecular formula is C15H30N2O2. The Labute approximate surface area is 117 Å². The minimum atomic E-state index is 0.0670. The van der Waals surface area contributed by atoms with Crippen LogP contribution in [0.1, 0.15) is 46.5 Å². The molecule has 0 aromatic heterocycles. The van der Waals surface area contributed by atoms with E-state index in [0.717, 1.165) is 38.9 Å². The van der Waals surface area contributed by atoms with E-state index in [-0.39, 0.29) is 12.5 Å². The standard InChI is InChI=1S/C15H30N2O2/c1-4-7-17(10-11-18)15(19)12-14-5-8-16(9-6-14)13(2)3/h13-14,18H,4-12H2,1-3H3. The highest BCUT2D eigenvalue weighted by molar-refractivity contribution is 5.76. The topological polar surface area (TPSA) is 43.8 Å². The molecule has 0 radical (unpaired) electrons. The molecule has 1 rings (SSSR count). The highest BCUT2D eigenvalue weighted by atomic mass is 16.3. The van der Waals surface area contributed by atoms with Crippen molar-refractivity contribution < 1.29 is 9.90 Å². The summed E-state index contributed by atoms with van der Waals surface area (Å²) in [5, 5.41) is 9.01. The van der Waals surface area contributed by atoms with Crippen molar-refractivity contribution in [3.05, 3.63) is 0 Å². The van der Waals surface area contributed by atoms with Crippen molar-refractivity contribution >= 4 is 5.91 Å². The molecule has 1 heterocycles. The summed E-state index contributed by atoms with van der Waals surface area (Å²) in [6, 6.07) is 0.614. The Morgan fingerprint density at radius 1 is 1.32 bits per heavy atom. The Morgan fingerprint density at radius 3 is 2.42 bits per heavy atom. The van der Waals surface area contributed by atoms with Crippen LogP contribution in [0.25, 0.3) is 0 Å². The summed E-state index contributed by atoms with van der Waals surface area (Å²) in [5.41, 5.74) is 0. The van der Waals surface area contributed by atoms with Crippen molar-refractivity contribution in [1.29, 1.82) is 0 Å². The zero-order chi connectivity index (χ0) is 14.3. The van der Waals surface area contributed by atoms with Gasteiger partial charge in [0.25, 0.3) is 0 Å². The zero-order valence-electron chi connectivity index (χ0n) is 12.8.